The Hall–Kier alpha value is -2.15. The number of hydrogen-bond donors (Lipinski definition) is 1. The van der Waals surface area contributed by atoms with Crippen LogP contribution in [-0.2, 0) is 11.3 Å². The topological polar surface area (TPSA) is 71.6 Å². The monoisotopic (exact) mass is 371 g/mol. The molecule has 1 N–H and O–H groups in total. The van der Waals surface area contributed by atoms with E-state index in [0.717, 1.165) is 45.3 Å². The van der Waals surface area contributed by atoms with Gasteiger partial charge in [0.25, 0.3) is 0 Å². The second kappa shape index (κ2) is 8.25. The van der Waals surface area contributed by atoms with E-state index in [1.54, 1.807) is 15.3 Å². The third-order valence-corrected chi connectivity index (χ3v) is 6.03. The lowest BCUT2D eigenvalue weighted by Gasteiger charge is -2.33. The summed E-state index contributed by atoms with van der Waals surface area (Å²) in [6, 6.07) is 5.87. The smallest absolute Gasteiger partial charge is 0.350 e. The Labute approximate surface area is 159 Å². The lowest BCUT2D eigenvalue weighted by molar-refractivity contribution is -0.127. The van der Waals surface area contributed by atoms with Crippen molar-refractivity contribution >= 4 is 11.6 Å². The van der Waals surface area contributed by atoms with Crippen LogP contribution in [0.3, 0.4) is 0 Å². The van der Waals surface area contributed by atoms with Crippen LogP contribution in [0, 0.1) is 5.92 Å². The van der Waals surface area contributed by atoms with E-state index in [4.69, 9.17) is 0 Å². The number of hydrogen-bond acceptors (Lipinski definition) is 4. The molecule has 1 saturated heterocycles. The van der Waals surface area contributed by atoms with E-state index in [1.807, 2.05) is 18.2 Å². The van der Waals surface area contributed by atoms with E-state index in [0.29, 0.717) is 18.2 Å². The van der Waals surface area contributed by atoms with Gasteiger partial charge in [-0.2, -0.15) is 0 Å². The van der Waals surface area contributed by atoms with Crippen LogP contribution in [0.25, 0.3) is 5.65 Å². The second-order valence-electron chi connectivity index (χ2n) is 7.89. The molecule has 2 aliphatic rings. The first-order valence-electron chi connectivity index (χ1n) is 10.3. The minimum absolute atomic E-state index is 0.0831. The summed E-state index contributed by atoms with van der Waals surface area (Å²) in [6.45, 7) is 3.32. The maximum atomic E-state index is 12.4. The highest BCUT2D eigenvalue weighted by Crippen LogP contribution is 2.24. The number of amides is 1. The van der Waals surface area contributed by atoms with Gasteiger partial charge in [-0.15, -0.1) is 5.10 Å². The first-order chi connectivity index (χ1) is 13.2. The number of nitrogens with one attached hydrogen (secondary N) is 1. The molecule has 1 aliphatic carbocycles. The Bertz CT molecular complexity index is 828. The van der Waals surface area contributed by atoms with E-state index in [2.05, 4.69) is 15.3 Å². The predicted octanol–water partition coefficient (Wildman–Crippen LogP) is 1.66. The van der Waals surface area contributed by atoms with Crippen LogP contribution < -0.4 is 11.0 Å². The minimum atomic E-state index is -0.0831. The van der Waals surface area contributed by atoms with Crippen molar-refractivity contribution in [2.45, 2.75) is 57.5 Å². The fourth-order valence-corrected chi connectivity index (χ4v) is 4.33. The molecule has 0 radical (unpaired) electrons. The van der Waals surface area contributed by atoms with Crippen molar-refractivity contribution in [3.8, 4) is 0 Å². The molecule has 4 rings (SSSR count). The molecule has 1 saturated carbocycles. The van der Waals surface area contributed by atoms with Gasteiger partial charge in [0.15, 0.2) is 5.65 Å². The number of fused-ring (bicyclic) bond motifs is 1. The molecule has 7 heteroatoms. The zero-order valence-electron chi connectivity index (χ0n) is 15.8. The Balaban J connectivity index is 1.24. The second-order valence-corrected chi connectivity index (χ2v) is 7.89. The van der Waals surface area contributed by atoms with Crippen molar-refractivity contribution in [1.82, 2.24) is 24.4 Å². The Morgan fingerprint density at radius 1 is 1.07 bits per heavy atom. The van der Waals surface area contributed by atoms with Crippen molar-refractivity contribution in [3.05, 3.63) is 34.9 Å². The summed E-state index contributed by atoms with van der Waals surface area (Å²) >= 11 is 0. The number of carbonyl (C=O) groups is 1. The highest BCUT2D eigenvalue weighted by atomic mass is 16.2. The molecule has 2 aromatic rings. The van der Waals surface area contributed by atoms with Gasteiger partial charge in [0.2, 0.25) is 5.91 Å². The van der Waals surface area contributed by atoms with Gasteiger partial charge in [-0.1, -0.05) is 25.3 Å². The zero-order chi connectivity index (χ0) is 18.6. The van der Waals surface area contributed by atoms with E-state index in [9.17, 15) is 9.59 Å². The Morgan fingerprint density at radius 2 is 1.85 bits per heavy atom. The van der Waals surface area contributed by atoms with Crippen molar-refractivity contribution in [2.24, 2.45) is 5.92 Å². The number of aromatic nitrogens is 3. The van der Waals surface area contributed by atoms with Gasteiger partial charge < -0.3 is 10.2 Å². The molecule has 2 aromatic heterocycles. The maximum Gasteiger partial charge on any atom is 0.350 e. The zero-order valence-corrected chi connectivity index (χ0v) is 15.8. The number of piperidine rings is 1. The Morgan fingerprint density at radius 3 is 2.59 bits per heavy atom. The Kier molecular flexibility index (Phi) is 5.57. The van der Waals surface area contributed by atoms with E-state index in [-0.39, 0.29) is 17.5 Å². The van der Waals surface area contributed by atoms with E-state index < -0.39 is 0 Å². The molecular weight excluding hydrogens is 342 g/mol. The first-order valence-corrected chi connectivity index (χ1v) is 10.3. The average molecular weight is 371 g/mol. The third-order valence-electron chi connectivity index (χ3n) is 6.03. The van der Waals surface area contributed by atoms with Crippen LogP contribution in [0.2, 0.25) is 0 Å². The molecule has 7 nitrogen and oxygen atoms in total. The predicted molar refractivity (Wildman–Crippen MR) is 104 cm³/mol. The number of rotatable bonds is 5. The molecule has 2 fully saturated rings. The normalized spacial score (nSPS) is 20.1. The van der Waals surface area contributed by atoms with Gasteiger partial charge in [0.05, 0.1) is 6.54 Å². The van der Waals surface area contributed by atoms with Crippen molar-refractivity contribution in [3.63, 3.8) is 0 Å². The molecule has 0 unspecified atom stereocenters. The number of carbonyl (C=O) groups excluding carboxylic acids is 1. The maximum absolute atomic E-state index is 12.4. The summed E-state index contributed by atoms with van der Waals surface area (Å²) < 4.78 is 3.12. The average Bonchev–Trinajstić information content (AvgIpc) is 3.04. The summed E-state index contributed by atoms with van der Waals surface area (Å²) in [7, 11) is 0. The van der Waals surface area contributed by atoms with Crippen LogP contribution in [0.5, 0.6) is 0 Å². The summed E-state index contributed by atoms with van der Waals surface area (Å²) in [5.74, 6) is 0.503. The summed E-state index contributed by atoms with van der Waals surface area (Å²) in [5, 5.41) is 7.66. The van der Waals surface area contributed by atoms with Gasteiger partial charge >= 0.3 is 5.69 Å². The molecule has 0 atom stereocenters. The molecule has 3 heterocycles. The van der Waals surface area contributed by atoms with E-state index >= 15 is 0 Å². The van der Waals surface area contributed by atoms with Gasteiger partial charge in [0.1, 0.15) is 0 Å². The standard InChI is InChI=1S/C20H29N5O2/c26-19(16-6-2-1-3-7-16)21-17-9-12-23(13-10-17)14-15-25-20(27)24-11-5-4-8-18(24)22-25/h4-5,8,11,16-17H,1-3,6-7,9-10,12-15H2,(H,21,26). The van der Waals surface area contributed by atoms with E-state index in [1.165, 1.54) is 19.3 Å². The molecule has 0 spiro atoms. The molecule has 1 amide bonds. The van der Waals surface area contributed by atoms with Crippen LogP contribution in [0.1, 0.15) is 44.9 Å². The lowest BCUT2D eigenvalue weighted by Crippen LogP contribution is -2.47. The molecule has 146 valence electrons. The van der Waals surface area contributed by atoms with Gasteiger partial charge in [-0.3, -0.25) is 9.20 Å². The fourth-order valence-electron chi connectivity index (χ4n) is 4.33. The third kappa shape index (κ3) is 4.24. The van der Waals surface area contributed by atoms with Crippen LogP contribution in [0.15, 0.2) is 29.2 Å². The molecule has 0 bridgehead atoms. The molecule has 27 heavy (non-hydrogen) atoms. The molecule has 0 aromatic carbocycles. The van der Waals surface area contributed by atoms with Crippen LogP contribution in [-0.4, -0.2) is 50.7 Å². The summed E-state index contributed by atoms with van der Waals surface area (Å²) in [6.07, 6.45) is 9.49. The first kappa shape index (κ1) is 18.2. The van der Waals surface area contributed by atoms with Crippen LogP contribution >= 0.6 is 0 Å². The van der Waals surface area contributed by atoms with Crippen molar-refractivity contribution in [2.75, 3.05) is 19.6 Å². The molecule has 1 aliphatic heterocycles. The van der Waals surface area contributed by atoms with Gasteiger partial charge in [0, 0.05) is 37.8 Å². The highest BCUT2D eigenvalue weighted by Gasteiger charge is 2.25. The number of likely N-dealkylation sites (tertiary alicyclic amines) is 1. The number of pyridine rings is 1. The largest absolute Gasteiger partial charge is 0.353 e. The quantitative estimate of drug-likeness (QED) is 0.868. The lowest BCUT2D eigenvalue weighted by atomic mass is 9.88. The number of nitrogens with zero attached hydrogens (tertiary/aromatic N) is 4. The molecular formula is C20H29N5O2. The summed E-state index contributed by atoms with van der Waals surface area (Å²) in [5.41, 5.74) is 0.604. The van der Waals surface area contributed by atoms with Crippen molar-refractivity contribution < 1.29 is 4.79 Å². The van der Waals surface area contributed by atoms with Gasteiger partial charge in [-0.05, 0) is 37.8 Å². The fraction of sp³-hybridized carbons (Fsp3) is 0.650. The SMILES string of the molecule is O=C(NC1CCN(CCn2nc3ccccn3c2=O)CC1)C1CCCCC1. The summed E-state index contributed by atoms with van der Waals surface area (Å²) in [4.78, 5) is 27.1. The van der Waals surface area contributed by atoms with Crippen molar-refractivity contribution in [1.29, 1.82) is 0 Å². The minimum Gasteiger partial charge on any atom is -0.353 e. The van der Waals surface area contributed by atoms with Crippen LogP contribution in [0.4, 0.5) is 0 Å². The van der Waals surface area contributed by atoms with Gasteiger partial charge in [-0.25, -0.2) is 9.48 Å². The highest BCUT2D eigenvalue weighted by molar-refractivity contribution is 5.79.